The Labute approximate surface area is 144 Å². The Hall–Kier alpha value is -1.50. The van der Waals surface area contributed by atoms with Crippen LogP contribution in [0.3, 0.4) is 0 Å². The maximum Gasteiger partial charge on any atom is 0.194 e. The predicted molar refractivity (Wildman–Crippen MR) is 99.9 cm³/mol. The molecule has 130 valence electrons. The quantitative estimate of drug-likeness (QED) is 0.307. The molecule has 0 spiro atoms. The van der Waals surface area contributed by atoms with Crippen LogP contribution >= 0.6 is 11.8 Å². The minimum Gasteiger partial charge on any atom is -0.356 e. The number of aliphatic imine (C=N–C) groups is 1. The van der Waals surface area contributed by atoms with Crippen molar-refractivity contribution in [2.75, 3.05) is 32.1 Å². The summed E-state index contributed by atoms with van der Waals surface area (Å²) in [7, 11) is 4.05. The van der Waals surface area contributed by atoms with E-state index in [9.17, 15) is 0 Å². The van der Waals surface area contributed by atoms with Crippen molar-refractivity contribution in [2.24, 2.45) is 12.0 Å². The Morgan fingerprint density at radius 1 is 1.43 bits per heavy atom. The van der Waals surface area contributed by atoms with E-state index in [0.29, 0.717) is 6.54 Å². The third-order valence-electron chi connectivity index (χ3n) is 3.62. The van der Waals surface area contributed by atoms with Crippen molar-refractivity contribution in [1.82, 2.24) is 25.0 Å². The number of guanidine groups is 1. The zero-order chi connectivity index (χ0) is 17.1. The Bertz CT molecular complexity index is 497. The average Bonchev–Trinajstić information content (AvgIpc) is 2.86. The van der Waals surface area contributed by atoms with Crippen LogP contribution in [0, 0.1) is 6.92 Å². The molecule has 1 rings (SSSR count). The van der Waals surface area contributed by atoms with Crippen molar-refractivity contribution in [3.8, 4) is 0 Å². The Kier molecular flexibility index (Phi) is 9.43. The van der Waals surface area contributed by atoms with E-state index >= 15 is 0 Å². The molecule has 0 aromatic carbocycles. The maximum absolute atomic E-state index is 4.72. The largest absolute Gasteiger partial charge is 0.356 e. The summed E-state index contributed by atoms with van der Waals surface area (Å²) in [5, 5.41) is 11.7. The Balaban J connectivity index is 2.65. The van der Waals surface area contributed by atoms with Gasteiger partial charge in [0.05, 0.1) is 0 Å². The predicted octanol–water partition coefficient (Wildman–Crippen LogP) is 2.22. The van der Waals surface area contributed by atoms with E-state index in [4.69, 9.17) is 4.99 Å². The van der Waals surface area contributed by atoms with Gasteiger partial charge in [0.25, 0.3) is 0 Å². The fourth-order valence-corrected chi connectivity index (χ4v) is 2.47. The van der Waals surface area contributed by atoms with Gasteiger partial charge in [0.2, 0.25) is 0 Å². The van der Waals surface area contributed by atoms with E-state index in [-0.39, 0.29) is 0 Å². The molecule has 6 nitrogen and oxygen atoms in total. The lowest BCUT2D eigenvalue weighted by molar-refractivity contribution is 0.467. The zero-order valence-electron chi connectivity index (χ0n) is 14.9. The smallest absolute Gasteiger partial charge is 0.194 e. The number of aryl methyl sites for hydroxylation is 1. The Morgan fingerprint density at radius 3 is 2.83 bits per heavy atom. The summed E-state index contributed by atoms with van der Waals surface area (Å²) in [6.07, 6.45) is 7.32. The summed E-state index contributed by atoms with van der Waals surface area (Å²) in [5.41, 5.74) is 0. The second-order valence-corrected chi connectivity index (χ2v) is 6.47. The molecular weight excluding hydrogens is 308 g/mol. The molecule has 1 N–H and O–H groups in total. The van der Waals surface area contributed by atoms with E-state index in [1.54, 1.807) is 0 Å². The first-order chi connectivity index (χ1) is 11.1. The third-order valence-corrected chi connectivity index (χ3v) is 4.32. The van der Waals surface area contributed by atoms with Gasteiger partial charge in [0.1, 0.15) is 12.4 Å². The van der Waals surface area contributed by atoms with Gasteiger partial charge in [0, 0.05) is 27.2 Å². The average molecular weight is 339 g/mol. The van der Waals surface area contributed by atoms with E-state index in [2.05, 4.69) is 40.3 Å². The summed E-state index contributed by atoms with van der Waals surface area (Å²) < 4.78 is 1.98. The maximum atomic E-state index is 4.72. The molecule has 0 bridgehead atoms. The van der Waals surface area contributed by atoms with Gasteiger partial charge in [-0.05, 0) is 38.2 Å². The molecule has 0 aliphatic carbocycles. The van der Waals surface area contributed by atoms with Crippen LogP contribution in [0.5, 0.6) is 0 Å². The summed E-state index contributed by atoms with van der Waals surface area (Å²) in [6, 6.07) is 0. The van der Waals surface area contributed by atoms with Gasteiger partial charge < -0.3 is 14.8 Å². The van der Waals surface area contributed by atoms with Gasteiger partial charge in [-0.25, -0.2) is 4.99 Å². The van der Waals surface area contributed by atoms with Crippen molar-refractivity contribution in [2.45, 2.75) is 32.7 Å². The van der Waals surface area contributed by atoms with Crippen LogP contribution in [0.25, 0.3) is 0 Å². The first-order valence-electron chi connectivity index (χ1n) is 8.04. The summed E-state index contributed by atoms with van der Waals surface area (Å²) in [6.45, 7) is 8.15. The topological polar surface area (TPSA) is 58.3 Å². The minimum absolute atomic E-state index is 0.536. The molecule has 1 aromatic heterocycles. The number of hydrogen-bond donors (Lipinski definition) is 1. The second-order valence-electron chi connectivity index (χ2n) is 5.49. The molecule has 0 saturated heterocycles. The highest BCUT2D eigenvalue weighted by molar-refractivity contribution is 7.98. The van der Waals surface area contributed by atoms with Crippen LogP contribution < -0.4 is 5.32 Å². The van der Waals surface area contributed by atoms with Crippen molar-refractivity contribution < 1.29 is 0 Å². The van der Waals surface area contributed by atoms with Crippen LogP contribution in [0.4, 0.5) is 0 Å². The molecular formula is C16H30N6S. The van der Waals surface area contributed by atoms with Crippen molar-refractivity contribution in [3.05, 3.63) is 24.3 Å². The number of nitrogens with one attached hydrogen (secondary N) is 1. The SMILES string of the molecule is C=CCCCN(C)C(=NCc1nnc(C)n1C)NCCCSC. The van der Waals surface area contributed by atoms with Gasteiger partial charge in [-0.1, -0.05) is 6.08 Å². The standard InChI is InChI=1S/C16H30N6S/c1-6-7-8-11-21(3)16(17-10-9-12-23-5)18-13-15-20-19-14(2)22(15)4/h6H,1,7-13H2,2-5H3,(H,17,18). The zero-order valence-corrected chi connectivity index (χ0v) is 15.7. The monoisotopic (exact) mass is 338 g/mol. The van der Waals surface area contributed by atoms with Gasteiger partial charge in [-0.2, -0.15) is 11.8 Å². The van der Waals surface area contributed by atoms with Crippen LogP contribution in [0.1, 0.15) is 30.9 Å². The van der Waals surface area contributed by atoms with Crippen molar-refractivity contribution >= 4 is 17.7 Å². The highest BCUT2D eigenvalue weighted by Crippen LogP contribution is 2.02. The molecule has 0 atom stereocenters. The lowest BCUT2D eigenvalue weighted by Gasteiger charge is -2.22. The van der Waals surface area contributed by atoms with E-state index in [1.165, 1.54) is 0 Å². The number of thioether (sulfide) groups is 1. The van der Waals surface area contributed by atoms with Crippen LogP contribution in [0.2, 0.25) is 0 Å². The highest BCUT2D eigenvalue weighted by atomic mass is 32.2. The number of nitrogens with zero attached hydrogens (tertiary/aromatic N) is 5. The van der Waals surface area contributed by atoms with Crippen molar-refractivity contribution in [3.63, 3.8) is 0 Å². The lowest BCUT2D eigenvalue weighted by Crippen LogP contribution is -2.40. The number of rotatable bonds is 10. The molecule has 0 unspecified atom stereocenters. The van der Waals surface area contributed by atoms with Gasteiger partial charge in [-0.3, -0.25) is 0 Å². The van der Waals surface area contributed by atoms with Gasteiger partial charge in [0.15, 0.2) is 11.8 Å². The van der Waals surface area contributed by atoms with Crippen molar-refractivity contribution in [1.29, 1.82) is 0 Å². The molecule has 0 saturated carbocycles. The first kappa shape index (κ1) is 19.5. The highest BCUT2D eigenvalue weighted by Gasteiger charge is 2.08. The Morgan fingerprint density at radius 2 is 2.22 bits per heavy atom. The molecule has 1 heterocycles. The number of hydrogen-bond acceptors (Lipinski definition) is 4. The molecule has 7 heteroatoms. The second kappa shape index (κ2) is 11.1. The summed E-state index contributed by atoms with van der Waals surface area (Å²) in [4.78, 5) is 6.89. The van der Waals surface area contributed by atoms with Crippen LogP contribution in [-0.2, 0) is 13.6 Å². The lowest BCUT2D eigenvalue weighted by atomic mass is 10.3. The molecule has 0 fully saturated rings. The molecule has 23 heavy (non-hydrogen) atoms. The van der Waals surface area contributed by atoms with E-state index in [0.717, 1.165) is 55.7 Å². The molecule has 1 aromatic rings. The number of unbranched alkanes of at least 4 members (excludes halogenated alkanes) is 1. The van der Waals surface area contributed by atoms with E-state index in [1.807, 2.05) is 36.4 Å². The number of allylic oxidation sites excluding steroid dienone is 1. The summed E-state index contributed by atoms with van der Waals surface area (Å²) >= 11 is 1.87. The minimum atomic E-state index is 0.536. The normalized spacial score (nSPS) is 11.6. The fourth-order valence-electron chi connectivity index (χ4n) is 2.04. The molecule has 0 aliphatic rings. The first-order valence-corrected chi connectivity index (χ1v) is 9.43. The molecule has 0 amide bonds. The third kappa shape index (κ3) is 7.07. The van der Waals surface area contributed by atoms with Gasteiger partial charge >= 0.3 is 0 Å². The van der Waals surface area contributed by atoms with E-state index < -0.39 is 0 Å². The van der Waals surface area contributed by atoms with Crippen LogP contribution in [0.15, 0.2) is 17.6 Å². The number of aromatic nitrogens is 3. The van der Waals surface area contributed by atoms with Crippen LogP contribution in [-0.4, -0.2) is 57.8 Å². The van der Waals surface area contributed by atoms with Gasteiger partial charge in [-0.15, -0.1) is 16.8 Å². The molecule has 0 aliphatic heterocycles. The fraction of sp³-hybridized carbons (Fsp3) is 0.688. The summed E-state index contributed by atoms with van der Waals surface area (Å²) in [5.74, 6) is 3.87. The molecule has 0 radical (unpaired) electrons.